The number of nitrogens with zero attached hydrogens (tertiary/aromatic N) is 1. The number of amides is 1. The van der Waals surface area contributed by atoms with Crippen molar-refractivity contribution in [1.82, 2.24) is 4.90 Å². The number of anilines is 2. The van der Waals surface area contributed by atoms with E-state index in [0.717, 1.165) is 18.3 Å². The minimum Gasteiger partial charge on any atom is -0.469 e. The minimum atomic E-state index is -1.39. The third-order valence-electron chi connectivity index (χ3n) is 3.46. The fraction of sp³-hybridized carbons (Fsp3) is 0.375. The number of carboxylic acid groups (broad SMARTS) is 1. The van der Waals surface area contributed by atoms with Crippen LogP contribution in [0, 0.1) is 5.82 Å². The molecule has 1 aromatic carbocycles. The van der Waals surface area contributed by atoms with Crippen molar-refractivity contribution in [2.75, 3.05) is 37.9 Å². The topological polar surface area (TPSA) is 90.9 Å². The van der Waals surface area contributed by atoms with Crippen molar-refractivity contribution in [3.05, 3.63) is 35.8 Å². The van der Waals surface area contributed by atoms with Gasteiger partial charge in [-0.2, -0.15) is 0 Å². The molecule has 3 N–H and O–H groups in total. The number of methoxy groups -OCH3 is 1. The lowest BCUT2D eigenvalue weighted by atomic mass is 10.1. The average molecular weight is 339 g/mol. The lowest BCUT2D eigenvalue weighted by Crippen LogP contribution is -2.22. The first-order chi connectivity index (χ1) is 11.3. The van der Waals surface area contributed by atoms with Gasteiger partial charge in [-0.15, -0.1) is 0 Å². The van der Waals surface area contributed by atoms with Crippen LogP contribution in [0.15, 0.2) is 24.4 Å². The summed E-state index contributed by atoms with van der Waals surface area (Å²) in [6, 6.07) is 2.60. The molecule has 1 amide bonds. The van der Waals surface area contributed by atoms with Crippen LogP contribution in [0.5, 0.6) is 0 Å². The normalized spacial score (nSPS) is 10.0. The van der Waals surface area contributed by atoms with E-state index < -0.39 is 17.9 Å². The van der Waals surface area contributed by atoms with E-state index in [1.807, 2.05) is 24.2 Å². The Labute approximate surface area is 140 Å². The Morgan fingerprint density at radius 2 is 2.08 bits per heavy atom. The fourth-order valence-corrected chi connectivity index (χ4v) is 1.93. The summed E-state index contributed by atoms with van der Waals surface area (Å²) < 4.78 is 18.8. The molecule has 0 radical (unpaired) electrons. The number of likely N-dealkylation sites (N-methyl/N-ethyl adjacent to an activating group) is 1. The Morgan fingerprint density at radius 3 is 2.62 bits per heavy atom. The lowest BCUT2D eigenvalue weighted by molar-refractivity contribution is -0.139. The Hall–Kier alpha value is -2.77. The van der Waals surface area contributed by atoms with Gasteiger partial charge in [0.1, 0.15) is 11.5 Å². The number of esters is 1. The molecule has 132 valence electrons. The number of carbonyl (C=O) groups excluding carboxylic acids is 1. The van der Waals surface area contributed by atoms with Crippen molar-refractivity contribution in [2.45, 2.75) is 13.3 Å². The summed E-state index contributed by atoms with van der Waals surface area (Å²) in [4.78, 5) is 24.1. The van der Waals surface area contributed by atoms with E-state index in [1.165, 1.54) is 13.2 Å². The van der Waals surface area contributed by atoms with E-state index >= 15 is 0 Å². The van der Waals surface area contributed by atoms with Gasteiger partial charge in [0.2, 0.25) is 0 Å². The van der Waals surface area contributed by atoms with E-state index in [4.69, 9.17) is 5.11 Å². The molecule has 0 fully saturated rings. The van der Waals surface area contributed by atoms with Gasteiger partial charge >= 0.3 is 12.1 Å². The smallest absolute Gasteiger partial charge is 0.409 e. The minimum absolute atomic E-state index is 0.120. The molecule has 0 spiro atoms. The number of benzene rings is 1. The maximum Gasteiger partial charge on any atom is 0.409 e. The van der Waals surface area contributed by atoms with Gasteiger partial charge in [-0.3, -0.25) is 10.1 Å². The number of nitrogens with one attached hydrogen (secondary N) is 2. The Morgan fingerprint density at radius 1 is 1.42 bits per heavy atom. The molecular formula is C16H22FN3O4. The molecule has 0 saturated heterocycles. The number of rotatable bonds is 8. The van der Waals surface area contributed by atoms with Gasteiger partial charge in [-0.1, -0.05) is 6.58 Å². The Bertz CT molecular complexity index is 634. The molecule has 24 heavy (non-hydrogen) atoms. The Kier molecular flexibility index (Phi) is 7.03. The van der Waals surface area contributed by atoms with Crippen LogP contribution in [0.1, 0.15) is 12.5 Å². The predicted octanol–water partition coefficient (Wildman–Crippen LogP) is 2.51. The second-order valence-corrected chi connectivity index (χ2v) is 5.12. The van der Waals surface area contributed by atoms with E-state index in [9.17, 15) is 14.0 Å². The average Bonchev–Trinajstić information content (AvgIpc) is 2.53. The molecular weight excluding hydrogens is 317 g/mol. The quantitative estimate of drug-likeness (QED) is 0.631. The molecule has 0 aliphatic heterocycles. The van der Waals surface area contributed by atoms with Crippen LogP contribution in [0.2, 0.25) is 0 Å². The first-order valence-corrected chi connectivity index (χ1v) is 7.30. The van der Waals surface area contributed by atoms with Gasteiger partial charge in [-0.25, -0.2) is 9.18 Å². The zero-order valence-electron chi connectivity index (χ0n) is 14.0. The number of carbonyl (C=O) groups is 2. The maximum atomic E-state index is 14.2. The van der Waals surface area contributed by atoms with Gasteiger partial charge in [0.15, 0.2) is 0 Å². The van der Waals surface area contributed by atoms with Crippen LogP contribution in [-0.4, -0.2) is 49.3 Å². The summed E-state index contributed by atoms with van der Waals surface area (Å²) in [6.45, 7) is 6.89. The van der Waals surface area contributed by atoms with E-state index in [-0.39, 0.29) is 17.8 Å². The molecule has 0 aliphatic carbocycles. The summed E-state index contributed by atoms with van der Waals surface area (Å²) in [7, 11) is 3.09. The molecule has 0 unspecified atom stereocenters. The van der Waals surface area contributed by atoms with Crippen molar-refractivity contribution in [1.29, 1.82) is 0 Å². The summed E-state index contributed by atoms with van der Waals surface area (Å²) in [5.41, 5.74) is 1.13. The fourth-order valence-electron chi connectivity index (χ4n) is 1.93. The van der Waals surface area contributed by atoms with Crippen LogP contribution in [0.4, 0.5) is 20.6 Å². The Balaban J connectivity index is 3.08. The highest BCUT2D eigenvalue weighted by Crippen LogP contribution is 2.28. The highest BCUT2D eigenvalue weighted by Gasteiger charge is 2.15. The van der Waals surface area contributed by atoms with Crippen molar-refractivity contribution < 1.29 is 23.8 Å². The molecule has 0 aliphatic rings. The van der Waals surface area contributed by atoms with Gasteiger partial charge < -0.3 is 20.1 Å². The number of ether oxygens (including phenoxy) is 1. The van der Waals surface area contributed by atoms with Gasteiger partial charge in [-0.05, 0) is 24.6 Å². The molecule has 8 heteroatoms. The second-order valence-electron chi connectivity index (χ2n) is 5.12. The van der Waals surface area contributed by atoms with Crippen LogP contribution in [0.3, 0.4) is 0 Å². The van der Waals surface area contributed by atoms with Gasteiger partial charge in [0.25, 0.3) is 0 Å². The summed E-state index contributed by atoms with van der Waals surface area (Å²) in [6.07, 6.45) is -1.51. The zero-order valence-corrected chi connectivity index (χ0v) is 14.0. The summed E-state index contributed by atoms with van der Waals surface area (Å²) in [5.74, 6) is -1.30. The van der Waals surface area contributed by atoms with Crippen molar-refractivity contribution in [2.24, 2.45) is 0 Å². The predicted molar refractivity (Wildman–Crippen MR) is 89.7 cm³/mol. The largest absolute Gasteiger partial charge is 0.469 e. The van der Waals surface area contributed by atoms with Crippen molar-refractivity contribution in [3.8, 4) is 0 Å². The van der Waals surface area contributed by atoms with Crippen LogP contribution >= 0.6 is 0 Å². The zero-order chi connectivity index (χ0) is 18.3. The molecule has 0 aromatic heterocycles. The van der Waals surface area contributed by atoms with E-state index in [0.29, 0.717) is 12.1 Å². The first-order valence-electron chi connectivity index (χ1n) is 7.30. The van der Waals surface area contributed by atoms with E-state index in [1.54, 1.807) is 0 Å². The molecule has 0 heterocycles. The highest BCUT2D eigenvalue weighted by molar-refractivity contribution is 5.89. The van der Waals surface area contributed by atoms with E-state index in [2.05, 4.69) is 16.6 Å². The van der Waals surface area contributed by atoms with Crippen LogP contribution in [-0.2, 0) is 16.0 Å². The maximum absolute atomic E-state index is 14.2. The summed E-state index contributed by atoms with van der Waals surface area (Å²) in [5, 5.41) is 13.8. The third kappa shape index (κ3) is 5.45. The van der Waals surface area contributed by atoms with Crippen LogP contribution in [0.25, 0.3) is 0 Å². The number of halogens is 1. The van der Waals surface area contributed by atoms with Crippen LogP contribution < -0.4 is 10.6 Å². The van der Waals surface area contributed by atoms with Crippen molar-refractivity contribution in [3.63, 3.8) is 0 Å². The number of hydrogen-bond acceptors (Lipinski definition) is 5. The number of hydrogen-bond donors (Lipinski definition) is 3. The standard InChI is InChI=1S/C16H22FN3O4/c1-5-20(3)10(2)9-18-13-7-11(8-14(21)24-4)6-12(17)15(13)19-16(22)23/h6-7,18-19H,2,5,8-9H2,1,3-4H3,(H,22,23). The molecule has 1 rings (SSSR count). The molecule has 1 aromatic rings. The van der Waals surface area contributed by atoms with Crippen molar-refractivity contribution >= 4 is 23.4 Å². The lowest BCUT2D eigenvalue weighted by Gasteiger charge is -2.21. The molecule has 0 bridgehead atoms. The monoisotopic (exact) mass is 339 g/mol. The highest BCUT2D eigenvalue weighted by atomic mass is 19.1. The molecule has 0 atom stereocenters. The van der Waals surface area contributed by atoms with Gasteiger partial charge in [0.05, 0.1) is 25.8 Å². The van der Waals surface area contributed by atoms with Gasteiger partial charge in [0, 0.05) is 19.3 Å². The summed E-state index contributed by atoms with van der Waals surface area (Å²) >= 11 is 0. The second kappa shape index (κ2) is 8.76. The SMILES string of the molecule is C=C(CNc1cc(CC(=O)OC)cc(F)c1NC(=O)O)N(C)CC. The molecule has 7 nitrogen and oxygen atoms in total. The first kappa shape index (κ1) is 19.3. The third-order valence-corrected chi connectivity index (χ3v) is 3.46. The molecule has 0 saturated carbocycles.